The Balaban J connectivity index is 3.11. The lowest BCUT2D eigenvalue weighted by Gasteiger charge is -2.32. The molecule has 2 heteroatoms. The summed E-state index contributed by atoms with van der Waals surface area (Å²) in [5.74, 6) is 0. The van der Waals surface area contributed by atoms with Gasteiger partial charge in [-0.25, -0.2) is 18.2 Å². The highest BCUT2D eigenvalue weighted by molar-refractivity contribution is 6.84. The summed E-state index contributed by atoms with van der Waals surface area (Å²) in [6, 6.07) is 0. The summed E-state index contributed by atoms with van der Waals surface area (Å²) in [4.78, 5) is 0. The molecule has 0 saturated heterocycles. The van der Waals surface area contributed by atoms with E-state index in [0.29, 0.717) is 0 Å². The van der Waals surface area contributed by atoms with Crippen LogP contribution in [-0.4, -0.2) is 16.1 Å². The molecule has 1 rings (SSSR count). The van der Waals surface area contributed by atoms with Gasteiger partial charge in [-0.1, -0.05) is 39.3 Å². The summed E-state index contributed by atoms with van der Waals surface area (Å²) in [6.07, 6.45) is 15.4. The van der Waals surface area contributed by atoms with Crippen LogP contribution in [0.1, 0.15) is 0 Å². The second-order valence-electron chi connectivity index (χ2n) is 6.29. The van der Waals surface area contributed by atoms with Gasteiger partial charge in [0.05, 0.1) is 0 Å². The Morgan fingerprint density at radius 2 is 1.56 bits per heavy atom. The maximum absolute atomic E-state index is 3.50. The molecule has 0 aromatic heterocycles. The van der Waals surface area contributed by atoms with Crippen molar-refractivity contribution in [3.63, 3.8) is 0 Å². The van der Waals surface area contributed by atoms with Crippen molar-refractivity contribution < 1.29 is 0 Å². The van der Waals surface area contributed by atoms with E-state index in [0.717, 1.165) is 0 Å². The zero-order valence-corrected chi connectivity index (χ0v) is 13.3. The van der Waals surface area contributed by atoms with E-state index in [-0.39, 0.29) is 0 Å². The Kier molecular flexibility index (Phi) is 3.97. The number of hydrogen-bond acceptors (Lipinski definition) is 0. The van der Waals surface area contributed by atoms with Crippen LogP contribution in [-0.2, 0) is 0 Å². The summed E-state index contributed by atoms with van der Waals surface area (Å²) in [5.41, 5.74) is 0. The molecule has 0 spiro atoms. The highest BCUT2D eigenvalue weighted by Gasteiger charge is 2.11. The maximum Gasteiger partial charge on any atom is 0.0490 e. The third-order valence-electron chi connectivity index (χ3n) is 2.59. The third kappa shape index (κ3) is 3.76. The molecule has 0 fully saturated rings. The van der Waals surface area contributed by atoms with E-state index < -0.39 is 16.1 Å². The monoisotopic (exact) mass is 246 g/mol. The number of hydrogen-bond donors (Lipinski definition) is 0. The van der Waals surface area contributed by atoms with Gasteiger partial charge in [0.25, 0.3) is 0 Å². The Labute approximate surface area is 102 Å². The van der Waals surface area contributed by atoms with Gasteiger partial charge in [-0.2, -0.15) is 5.20 Å². The highest BCUT2D eigenvalue weighted by atomic mass is 28.3. The molecule has 1 aliphatic rings. The topological polar surface area (TPSA) is 0 Å². The molecule has 0 aliphatic heterocycles. The predicted octanol–water partition coefficient (Wildman–Crippen LogP) is 4.33. The molecule has 0 aromatic rings. The van der Waals surface area contributed by atoms with Crippen LogP contribution in [0.3, 0.4) is 0 Å². The molecular formula is C14H22Si2-2. The fourth-order valence-corrected chi connectivity index (χ4v) is 3.54. The lowest BCUT2D eigenvalue weighted by molar-refractivity contribution is 1.54. The van der Waals surface area contributed by atoms with Crippen LogP contribution in [0, 0.1) is 12.2 Å². The fourth-order valence-electron chi connectivity index (χ4n) is 1.42. The smallest absolute Gasteiger partial charge is 0.0490 e. The Morgan fingerprint density at radius 3 is 2.06 bits per heavy atom. The van der Waals surface area contributed by atoms with Crippen molar-refractivity contribution in [1.29, 1.82) is 0 Å². The van der Waals surface area contributed by atoms with E-state index in [1.54, 1.807) is 0 Å². The molecule has 0 nitrogen and oxygen atoms in total. The van der Waals surface area contributed by atoms with Crippen molar-refractivity contribution in [2.75, 3.05) is 0 Å². The van der Waals surface area contributed by atoms with E-state index in [1.807, 2.05) is 6.08 Å². The van der Waals surface area contributed by atoms with E-state index in [1.165, 1.54) is 10.4 Å². The van der Waals surface area contributed by atoms with Gasteiger partial charge in [-0.3, -0.25) is 23.4 Å². The first-order valence-electron chi connectivity index (χ1n) is 5.82. The molecule has 16 heavy (non-hydrogen) atoms. The third-order valence-corrected chi connectivity index (χ3v) is 6.42. The molecular weight excluding hydrogens is 224 g/mol. The predicted molar refractivity (Wildman–Crippen MR) is 78.5 cm³/mol. The van der Waals surface area contributed by atoms with Crippen LogP contribution >= 0.6 is 0 Å². The van der Waals surface area contributed by atoms with Gasteiger partial charge < -0.3 is 0 Å². The van der Waals surface area contributed by atoms with Gasteiger partial charge in [0.15, 0.2) is 0 Å². The molecule has 1 aliphatic carbocycles. The largest absolute Gasteiger partial charge is 0.273 e. The second-order valence-corrected chi connectivity index (χ2v) is 16.4. The van der Waals surface area contributed by atoms with Gasteiger partial charge in [-0.05, 0) is 8.07 Å². The minimum atomic E-state index is -1.28. The Hall–Kier alpha value is -0.606. The number of allylic oxidation sites excluding steroid dienone is 8. The van der Waals surface area contributed by atoms with Crippen LogP contribution in [0.15, 0.2) is 34.7 Å². The van der Waals surface area contributed by atoms with Crippen LogP contribution in [0.2, 0.25) is 39.3 Å². The molecule has 0 heterocycles. The van der Waals surface area contributed by atoms with Gasteiger partial charge in [0.1, 0.15) is 0 Å². The minimum absolute atomic E-state index is 1.26. The molecule has 0 amide bonds. The lowest BCUT2D eigenvalue weighted by atomic mass is 10.3. The van der Waals surface area contributed by atoms with E-state index >= 15 is 0 Å². The molecule has 0 unspecified atom stereocenters. The Morgan fingerprint density at radius 1 is 0.938 bits per heavy atom. The molecule has 0 N–H and O–H groups in total. The highest BCUT2D eigenvalue weighted by Crippen LogP contribution is 2.20. The van der Waals surface area contributed by atoms with Crippen LogP contribution in [0.5, 0.6) is 0 Å². The van der Waals surface area contributed by atoms with E-state index in [2.05, 4.69) is 69.7 Å². The van der Waals surface area contributed by atoms with E-state index in [9.17, 15) is 0 Å². The quantitative estimate of drug-likeness (QED) is 0.503. The summed E-state index contributed by atoms with van der Waals surface area (Å²) < 4.78 is 0. The van der Waals surface area contributed by atoms with Gasteiger partial charge in [0, 0.05) is 8.07 Å². The molecule has 0 radical (unpaired) electrons. The van der Waals surface area contributed by atoms with Crippen molar-refractivity contribution in [2.45, 2.75) is 39.3 Å². The van der Waals surface area contributed by atoms with Crippen LogP contribution in [0.25, 0.3) is 0 Å². The van der Waals surface area contributed by atoms with Crippen molar-refractivity contribution in [2.24, 2.45) is 0 Å². The standard InChI is InChI=1S/C14H22Si2/c1-15(2,3)13-9-7-8-10-14(12-11-13)16(4,5)6/h7-9,12H,1-6H3/q-2/b8-7?,9-7-,13-9?,14-12+. The summed E-state index contributed by atoms with van der Waals surface area (Å²) >= 11 is 0. The molecule has 88 valence electrons. The Bertz CT molecular complexity index is 331. The summed E-state index contributed by atoms with van der Waals surface area (Å²) in [6.45, 7) is 14.1. The molecule has 0 bridgehead atoms. The van der Waals surface area contributed by atoms with Gasteiger partial charge in [0.2, 0.25) is 0 Å². The normalized spacial score (nSPS) is 28.1. The summed E-state index contributed by atoms with van der Waals surface area (Å²) in [5, 5.41) is 2.74. The molecule has 0 aromatic carbocycles. The van der Waals surface area contributed by atoms with Crippen molar-refractivity contribution in [3.05, 3.63) is 46.8 Å². The SMILES string of the molecule is C[Si](C)(C)C1=[C-]/C=C([Si](C)(C)C)\[C-]=C/C=C\1. The second kappa shape index (κ2) is 4.72. The first kappa shape index (κ1) is 13.5. The van der Waals surface area contributed by atoms with Gasteiger partial charge in [-0.15, -0.1) is 0 Å². The van der Waals surface area contributed by atoms with Crippen molar-refractivity contribution in [1.82, 2.24) is 0 Å². The van der Waals surface area contributed by atoms with Crippen molar-refractivity contribution in [3.8, 4) is 0 Å². The molecule has 0 saturated carbocycles. The first-order valence-corrected chi connectivity index (χ1v) is 12.8. The summed E-state index contributed by atoms with van der Waals surface area (Å²) in [7, 11) is -2.53. The minimum Gasteiger partial charge on any atom is -0.273 e. The van der Waals surface area contributed by atoms with E-state index in [4.69, 9.17) is 0 Å². The fraction of sp³-hybridized carbons (Fsp3) is 0.429. The zero-order valence-electron chi connectivity index (χ0n) is 11.3. The van der Waals surface area contributed by atoms with Crippen LogP contribution < -0.4 is 0 Å². The van der Waals surface area contributed by atoms with Crippen molar-refractivity contribution >= 4 is 16.1 Å². The van der Waals surface area contributed by atoms with Gasteiger partial charge >= 0.3 is 0 Å². The zero-order chi connectivity index (χ0) is 12.4. The lowest BCUT2D eigenvalue weighted by Crippen LogP contribution is -2.25. The number of rotatable bonds is 2. The first-order chi connectivity index (χ1) is 7.21. The average Bonchev–Trinajstić information content (AvgIpc) is 1.96. The average molecular weight is 247 g/mol. The van der Waals surface area contributed by atoms with Crippen LogP contribution in [0.4, 0.5) is 0 Å². The molecule has 0 atom stereocenters. The maximum atomic E-state index is 3.50.